The molecule has 0 amide bonds. The number of hydrazine groups is 1. The fourth-order valence-corrected chi connectivity index (χ4v) is 1.70. The van der Waals surface area contributed by atoms with Crippen molar-refractivity contribution in [2.24, 2.45) is 5.84 Å². The Labute approximate surface area is 110 Å². The van der Waals surface area contributed by atoms with Crippen LogP contribution in [0.1, 0.15) is 16.7 Å². The van der Waals surface area contributed by atoms with E-state index in [2.05, 4.69) is 15.4 Å². The normalized spacial score (nSPS) is 10.4. The molecule has 0 saturated heterocycles. The number of benzene rings is 1. The minimum atomic E-state index is -0.641. The molecule has 0 aliphatic heterocycles. The van der Waals surface area contributed by atoms with Crippen molar-refractivity contribution in [2.45, 2.75) is 20.8 Å². The number of nitrogens with one attached hydrogen (secondary N) is 1. The Kier molecular flexibility index (Phi) is 3.62. The van der Waals surface area contributed by atoms with E-state index in [1.807, 2.05) is 32.9 Å². The Hall–Kier alpha value is -2.21. The molecule has 6 heteroatoms. The van der Waals surface area contributed by atoms with Crippen molar-refractivity contribution in [3.8, 4) is 11.6 Å². The van der Waals surface area contributed by atoms with Crippen LogP contribution in [0.4, 0.5) is 10.3 Å². The summed E-state index contributed by atoms with van der Waals surface area (Å²) < 4.78 is 19.1. The van der Waals surface area contributed by atoms with E-state index in [-0.39, 0.29) is 11.8 Å². The predicted octanol–water partition coefficient (Wildman–Crippen LogP) is 2.62. The SMILES string of the molecule is Cc1cc(C)c(C)c(Oc2nc(NN)ncc2F)c1. The van der Waals surface area contributed by atoms with Gasteiger partial charge in [-0.25, -0.2) is 10.8 Å². The van der Waals surface area contributed by atoms with Crippen LogP contribution in [0, 0.1) is 26.6 Å². The Bertz CT molecular complexity index is 616. The molecule has 0 unspecified atom stereocenters. The second-order valence-corrected chi connectivity index (χ2v) is 4.30. The van der Waals surface area contributed by atoms with Gasteiger partial charge in [0, 0.05) is 0 Å². The average Bonchev–Trinajstić information content (AvgIpc) is 2.38. The summed E-state index contributed by atoms with van der Waals surface area (Å²) in [6, 6.07) is 3.87. The molecule has 19 heavy (non-hydrogen) atoms. The number of nitrogen functional groups attached to an aromatic ring is 1. The van der Waals surface area contributed by atoms with Crippen LogP contribution in [0.2, 0.25) is 0 Å². The van der Waals surface area contributed by atoms with E-state index in [4.69, 9.17) is 10.6 Å². The number of aryl methyl sites for hydroxylation is 2. The van der Waals surface area contributed by atoms with Crippen LogP contribution in [0.25, 0.3) is 0 Å². The van der Waals surface area contributed by atoms with Gasteiger partial charge in [0.1, 0.15) is 5.75 Å². The molecule has 0 aliphatic carbocycles. The van der Waals surface area contributed by atoms with E-state index >= 15 is 0 Å². The van der Waals surface area contributed by atoms with E-state index in [1.54, 1.807) is 0 Å². The minimum Gasteiger partial charge on any atom is -0.436 e. The first-order valence-corrected chi connectivity index (χ1v) is 5.76. The number of ether oxygens (including phenoxy) is 1. The van der Waals surface area contributed by atoms with Crippen LogP contribution in [0.5, 0.6) is 11.6 Å². The topological polar surface area (TPSA) is 73.1 Å². The molecule has 100 valence electrons. The quantitative estimate of drug-likeness (QED) is 0.657. The van der Waals surface area contributed by atoms with Crippen molar-refractivity contribution in [3.63, 3.8) is 0 Å². The van der Waals surface area contributed by atoms with Gasteiger partial charge >= 0.3 is 0 Å². The highest BCUT2D eigenvalue weighted by atomic mass is 19.1. The predicted molar refractivity (Wildman–Crippen MR) is 70.5 cm³/mol. The summed E-state index contributed by atoms with van der Waals surface area (Å²) in [4.78, 5) is 7.50. The molecule has 1 heterocycles. The summed E-state index contributed by atoms with van der Waals surface area (Å²) in [7, 11) is 0. The van der Waals surface area contributed by atoms with Crippen molar-refractivity contribution in [3.05, 3.63) is 40.8 Å². The van der Waals surface area contributed by atoms with Crippen LogP contribution in [0.15, 0.2) is 18.3 Å². The van der Waals surface area contributed by atoms with Crippen LogP contribution in [0.3, 0.4) is 0 Å². The molecule has 0 fully saturated rings. The van der Waals surface area contributed by atoms with Gasteiger partial charge in [-0.1, -0.05) is 6.07 Å². The molecule has 0 spiro atoms. The third-order valence-corrected chi connectivity index (χ3v) is 2.81. The Morgan fingerprint density at radius 2 is 2.00 bits per heavy atom. The van der Waals surface area contributed by atoms with Crippen LogP contribution < -0.4 is 16.0 Å². The Balaban J connectivity index is 2.41. The highest BCUT2D eigenvalue weighted by molar-refractivity contribution is 5.44. The van der Waals surface area contributed by atoms with Gasteiger partial charge in [-0.15, -0.1) is 0 Å². The zero-order valence-corrected chi connectivity index (χ0v) is 11.0. The molecule has 0 radical (unpaired) electrons. The Morgan fingerprint density at radius 1 is 1.26 bits per heavy atom. The summed E-state index contributed by atoms with van der Waals surface area (Å²) in [5.74, 6) is 5.05. The van der Waals surface area contributed by atoms with Crippen molar-refractivity contribution < 1.29 is 9.13 Å². The number of halogens is 1. The number of hydrogen-bond donors (Lipinski definition) is 2. The fourth-order valence-electron chi connectivity index (χ4n) is 1.70. The lowest BCUT2D eigenvalue weighted by molar-refractivity contribution is 0.417. The van der Waals surface area contributed by atoms with Crippen molar-refractivity contribution in [1.82, 2.24) is 9.97 Å². The molecule has 0 bridgehead atoms. The largest absolute Gasteiger partial charge is 0.436 e. The summed E-state index contributed by atoms with van der Waals surface area (Å²) in [6.45, 7) is 5.83. The highest BCUT2D eigenvalue weighted by Gasteiger charge is 2.12. The molecule has 0 atom stereocenters. The number of anilines is 1. The number of nitrogens with zero attached hydrogens (tertiary/aromatic N) is 2. The van der Waals surface area contributed by atoms with Crippen LogP contribution in [-0.4, -0.2) is 9.97 Å². The average molecular weight is 262 g/mol. The molecule has 0 saturated carbocycles. The number of nitrogens with two attached hydrogens (primary N) is 1. The first kappa shape index (κ1) is 13.2. The maximum atomic E-state index is 13.6. The summed E-state index contributed by atoms with van der Waals surface area (Å²) >= 11 is 0. The summed E-state index contributed by atoms with van der Waals surface area (Å²) in [5.41, 5.74) is 5.29. The van der Waals surface area contributed by atoms with E-state index in [9.17, 15) is 4.39 Å². The van der Waals surface area contributed by atoms with Crippen molar-refractivity contribution in [1.29, 1.82) is 0 Å². The van der Waals surface area contributed by atoms with Gasteiger partial charge in [-0.05, 0) is 43.5 Å². The van der Waals surface area contributed by atoms with Crippen LogP contribution >= 0.6 is 0 Å². The first-order chi connectivity index (χ1) is 9.01. The van der Waals surface area contributed by atoms with E-state index < -0.39 is 5.82 Å². The third kappa shape index (κ3) is 2.79. The lowest BCUT2D eigenvalue weighted by Gasteiger charge is -2.12. The van der Waals surface area contributed by atoms with Gasteiger partial charge in [0.2, 0.25) is 11.8 Å². The van der Waals surface area contributed by atoms with E-state index in [0.717, 1.165) is 22.9 Å². The summed E-state index contributed by atoms with van der Waals surface area (Å²) in [6.07, 6.45) is 1.01. The summed E-state index contributed by atoms with van der Waals surface area (Å²) in [5, 5.41) is 0. The van der Waals surface area contributed by atoms with Gasteiger partial charge in [0.05, 0.1) is 6.20 Å². The minimum absolute atomic E-state index is 0.0958. The standard InChI is InChI=1S/C13H15FN4O/c1-7-4-8(2)9(3)11(5-7)19-12-10(14)6-16-13(17-12)18-15/h4-6H,15H2,1-3H3,(H,16,17,18). The molecule has 2 rings (SSSR count). The monoisotopic (exact) mass is 262 g/mol. The van der Waals surface area contributed by atoms with Crippen molar-refractivity contribution >= 4 is 5.95 Å². The molecule has 5 nitrogen and oxygen atoms in total. The lowest BCUT2D eigenvalue weighted by atomic mass is 10.1. The van der Waals surface area contributed by atoms with Gasteiger partial charge in [-0.3, -0.25) is 5.43 Å². The molecular weight excluding hydrogens is 247 g/mol. The second-order valence-electron chi connectivity index (χ2n) is 4.30. The molecule has 1 aromatic heterocycles. The number of hydrogen-bond acceptors (Lipinski definition) is 5. The number of aromatic nitrogens is 2. The lowest BCUT2D eigenvalue weighted by Crippen LogP contribution is -2.11. The third-order valence-electron chi connectivity index (χ3n) is 2.81. The maximum absolute atomic E-state index is 13.6. The van der Waals surface area contributed by atoms with E-state index in [1.165, 1.54) is 0 Å². The zero-order chi connectivity index (χ0) is 14.0. The smallest absolute Gasteiger partial charge is 0.260 e. The number of rotatable bonds is 3. The maximum Gasteiger partial charge on any atom is 0.260 e. The first-order valence-electron chi connectivity index (χ1n) is 5.76. The fraction of sp³-hybridized carbons (Fsp3) is 0.231. The molecular formula is C13H15FN4O. The molecule has 1 aromatic carbocycles. The zero-order valence-electron chi connectivity index (χ0n) is 11.0. The molecule has 2 aromatic rings. The Morgan fingerprint density at radius 3 is 2.68 bits per heavy atom. The highest BCUT2D eigenvalue weighted by Crippen LogP contribution is 2.29. The van der Waals surface area contributed by atoms with Gasteiger partial charge in [0.25, 0.3) is 5.88 Å². The molecule has 3 N–H and O–H groups in total. The van der Waals surface area contributed by atoms with Gasteiger partial charge < -0.3 is 4.74 Å². The van der Waals surface area contributed by atoms with Crippen LogP contribution in [-0.2, 0) is 0 Å². The van der Waals surface area contributed by atoms with Gasteiger partial charge in [-0.2, -0.15) is 9.37 Å². The second kappa shape index (κ2) is 5.19. The molecule has 0 aliphatic rings. The van der Waals surface area contributed by atoms with Crippen molar-refractivity contribution in [2.75, 3.05) is 5.43 Å². The van der Waals surface area contributed by atoms with E-state index in [0.29, 0.717) is 5.75 Å². The van der Waals surface area contributed by atoms with Gasteiger partial charge in [0.15, 0.2) is 0 Å².